The normalized spacial score (nSPS) is 18.2. The molecule has 1 aromatic rings. The fourth-order valence-corrected chi connectivity index (χ4v) is 2.69. The lowest BCUT2D eigenvalue weighted by Crippen LogP contribution is -2.59. The van der Waals surface area contributed by atoms with Crippen LogP contribution in [0.5, 0.6) is 0 Å². The summed E-state index contributed by atoms with van der Waals surface area (Å²) < 4.78 is 27.6. The van der Waals surface area contributed by atoms with Gasteiger partial charge >= 0.3 is 5.92 Å². The highest BCUT2D eigenvalue weighted by atomic mass is 32.1. The summed E-state index contributed by atoms with van der Waals surface area (Å²) >= 11 is 1.10. The number of alkyl halides is 2. The molecule has 1 heterocycles. The standard InChI is InChI=1S/C12H16F2N2O2S/c1-7(2)8-6-19-10(15-8)16-9(17)12(13,14)11(18)4-3-5-11/h6-7,18H,3-5H2,1-2H3,(H,15,16,17). The van der Waals surface area contributed by atoms with Crippen molar-refractivity contribution < 1.29 is 18.7 Å². The molecule has 0 atom stereocenters. The zero-order chi connectivity index (χ0) is 14.3. The van der Waals surface area contributed by atoms with Crippen LogP contribution in [0.25, 0.3) is 0 Å². The van der Waals surface area contributed by atoms with E-state index in [-0.39, 0.29) is 23.9 Å². The number of amides is 1. The Morgan fingerprint density at radius 2 is 2.21 bits per heavy atom. The highest BCUT2D eigenvalue weighted by molar-refractivity contribution is 7.13. The number of anilines is 1. The number of hydrogen-bond donors (Lipinski definition) is 2. The van der Waals surface area contributed by atoms with Gasteiger partial charge in [-0.3, -0.25) is 10.1 Å². The molecule has 0 unspecified atom stereocenters. The number of rotatable bonds is 4. The minimum Gasteiger partial charge on any atom is -0.383 e. The van der Waals surface area contributed by atoms with Crippen LogP contribution in [0, 0.1) is 0 Å². The molecule has 106 valence electrons. The Hall–Kier alpha value is -1.08. The SMILES string of the molecule is CC(C)c1csc(NC(=O)C(F)(F)C2(O)CCC2)n1. The lowest BCUT2D eigenvalue weighted by Gasteiger charge is -2.41. The van der Waals surface area contributed by atoms with Gasteiger partial charge in [0.1, 0.15) is 5.60 Å². The molecule has 0 aromatic carbocycles. The average Bonchev–Trinajstić information content (AvgIpc) is 2.74. The van der Waals surface area contributed by atoms with Crippen molar-refractivity contribution in [1.82, 2.24) is 4.98 Å². The summed E-state index contributed by atoms with van der Waals surface area (Å²) in [4.78, 5) is 15.7. The summed E-state index contributed by atoms with van der Waals surface area (Å²) in [7, 11) is 0. The van der Waals surface area contributed by atoms with Crippen molar-refractivity contribution in [2.45, 2.75) is 50.6 Å². The van der Waals surface area contributed by atoms with Crippen molar-refractivity contribution in [2.24, 2.45) is 0 Å². The molecule has 0 radical (unpaired) electrons. The fourth-order valence-electron chi connectivity index (χ4n) is 1.82. The Morgan fingerprint density at radius 3 is 2.63 bits per heavy atom. The molecule has 7 heteroatoms. The number of carbonyl (C=O) groups excluding carboxylic acids is 1. The number of hydrogen-bond acceptors (Lipinski definition) is 4. The minimum absolute atomic E-state index is 0.0530. The van der Waals surface area contributed by atoms with E-state index >= 15 is 0 Å². The predicted octanol–water partition coefficient (Wildman–Crippen LogP) is 2.76. The monoisotopic (exact) mass is 290 g/mol. The number of aromatic nitrogens is 1. The van der Waals surface area contributed by atoms with Gasteiger partial charge in [0.15, 0.2) is 5.13 Å². The zero-order valence-corrected chi connectivity index (χ0v) is 11.6. The lowest BCUT2D eigenvalue weighted by atomic mass is 9.75. The predicted molar refractivity (Wildman–Crippen MR) is 68.6 cm³/mol. The van der Waals surface area contributed by atoms with Crippen LogP contribution in [-0.2, 0) is 4.79 Å². The van der Waals surface area contributed by atoms with Gasteiger partial charge in [-0.15, -0.1) is 11.3 Å². The van der Waals surface area contributed by atoms with Crippen LogP contribution in [0.3, 0.4) is 0 Å². The molecule has 4 nitrogen and oxygen atoms in total. The Kier molecular flexibility index (Phi) is 3.61. The first-order valence-corrected chi connectivity index (χ1v) is 7.01. The summed E-state index contributed by atoms with van der Waals surface area (Å²) in [5, 5.41) is 13.6. The fraction of sp³-hybridized carbons (Fsp3) is 0.667. The van der Waals surface area contributed by atoms with E-state index in [2.05, 4.69) is 10.3 Å². The van der Waals surface area contributed by atoms with Gasteiger partial charge in [0, 0.05) is 5.38 Å². The zero-order valence-electron chi connectivity index (χ0n) is 10.7. The highest BCUT2D eigenvalue weighted by Crippen LogP contribution is 2.44. The van der Waals surface area contributed by atoms with Crippen LogP contribution in [0.4, 0.5) is 13.9 Å². The molecule has 2 N–H and O–H groups in total. The van der Waals surface area contributed by atoms with Crippen LogP contribution in [0.1, 0.15) is 44.7 Å². The molecule has 1 aromatic heterocycles. The smallest absolute Gasteiger partial charge is 0.352 e. The summed E-state index contributed by atoms with van der Waals surface area (Å²) in [6.07, 6.45) is 0.402. The van der Waals surface area contributed by atoms with E-state index in [0.717, 1.165) is 17.0 Å². The van der Waals surface area contributed by atoms with Gasteiger partial charge < -0.3 is 5.11 Å². The second-order valence-electron chi connectivity index (χ2n) is 5.15. The molecule has 1 fully saturated rings. The van der Waals surface area contributed by atoms with Crippen LogP contribution in [0.15, 0.2) is 5.38 Å². The molecule has 0 saturated heterocycles. The molecule has 1 amide bonds. The maximum atomic E-state index is 13.8. The summed E-state index contributed by atoms with van der Waals surface area (Å²) in [6, 6.07) is 0. The van der Waals surface area contributed by atoms with Crippen molar-refractivity contribution in [1.29, 1.82) is 0 Å². The molecule has 2 rings (SSSR count). The van der Waals surface area contributed by atoms with Crippen LogP contribution in [-0.4, -0.2) is 27.5 Å². The molecular weight excluding hydrogens is 274 g/mol. The Morgan fingerprint density at radius 1 is 1.58 bits per heavy atom. The van der Waals surface area contributed by atoms with Gasteiger partial charge in [-0.1, -0.05) is 13.8 Å². The topological polar surface area (TPSA) is 62.2 Å². The Labute approximate surface area is 113 Å². The molecule has 0 aliphatic heterocycles. The third-order valence-electron chi connectivity index (χ3n) is 3.38. The minimum atomic E-state index is -3.78. The van der Waals surface area contributed by atoms with E-state index < -0.39 is 17.4 Å². The second-order valence-corrected chi connectivity index (χ2v) is 6.00. The van der Waals surface area contributed by atoms with Gasteiger partial charge in [-0.25, -0.2) is 4.98 Å². The quantitative estimate of drug-likeness (QED) is 0.896. The third kappa shape index (κ3) is 2.49. The van der Waals surface area contributed by atoms with Crippen molar-refractivity contribution in [2.75, 3.05) is 5.32 Å². The Bertz CT molecular complexity index is 484. The number of halogens is 2. The molecule has 0 bridgehead atoms. The largest absolute Gasteiger partial charge is 0.383 e. The number of nitrogens with zero attached hydrogens (tertiary/aromatic N) is 1. The van der Waals surface area contributed by atoms with Crippen molar-refractivity contribution >= 4 is 22.4 Å². The first-order valence-electron chi connectivity index (χ1n) is 6.13. The van der Waals surface area contributed by atoms with E-state index in [1.54, 1.807) is 5.38 Å². The molecule has 1 aliphatic rings. The van der Waals surface area contributed by atoms with E-state index in [1.165, 1.54) is 0 Å². The number of nitrogens with one attached hydrogen (secondary N) is 1. The van der Waals surface area contributed by atoms with E-state index in [9.17, 15) is 18.7 Å². The molecular formula is C12H16F2N2O2S. The molecule has 0 spiro atoms. The summed E-state index contributed by atoms with van der Waals surface area (Å²) in [5.41, 5.74) is -1.46. The molecule has 1 aliphatic carbocycles. The van der Waals surface area contributed by atoms with Crippen LogP contribution in [0.2, 0.25) is 0 Å². The molecule has 1 saturated carbocycles. The Balaban J connectivity index is 2.07. The van der Waals surface area contributed by atoms with Crippen molar-refractivity contribution in [3.8, 4) is 0 Å². The molecule has 19 heavy (non-hydrogen) atoms. The number of aliphatic hydroxyl groups is 1. The summed E-state index contributed by atoms with van der Waals surface area (Å²) in [5.74, 6) is -5.10. The first kappa shape index (κ1) is 14.3. The number of carbonyl (C=O) groups is 1. The van der Waals surface area contributed by atoms with E-state index in [4.69, 9.17) is 0 Å². The van der Waals surface area contributed by atoms with Gasteiger partial charge in [0.05, 0.1) is 5.69 Å². The average molecular weight is 290 g/mol. The van der Waals surface area contributed by atoms with Gasteiger partial charge in [0.25, 0.3) is 5.91 Å². The van der Waals surface area contributed by atoms with E-state index in [0.29, 0.717) is 6.42 Å². The van der Waals surface area contributed by atoms with Crippen LogP contribution >= 0.6 is 11.3 Å². The lowest BCUT2D eigenvalue weighted by molar-refractivity contribution is -0.212. The maximum Gasteiger partial charge on any atom is 0.352 e. The second kappa shape index (κ2) is 4.79. The third-order valence-corrected chi connectivity index (χ3v) is 4.16. The summed E-state index contributed by atoms with van der Waals surface area (Å²) in [6.45, 7) is 3.85. The van der Waals surface area contributed by atoms with E-state index in [1.807, 2.05) is 13.8 Å². The van der Waals surface area contributed by atoms with Gasteiger partial charge in [0.2, 0.25) is 0 Å². The van der Waals surface area contributed by atoms with Crippen molar-refractivity contribution in [3.63, 3.8) is 0 Å². The van der Waals surface area contributed by atoms with Crippen molar-refractivity contribution in [3.05, 3.63) is 11.1 Å². The first-order chi connectivity index (χ1) is 8.76. The van der Waals surface area contributed by atoms with Crippen LogP contribution < -0.4 is 5.32 Å². The number of thiazole rings is 1. The highest BCUT2D eigenvalue weighted by Gasteiger charge is 2.61. The maximum absolute atomic E-state index is 13.8. The van der Waals surface area contributed by atoms with Gasteiger partial charge in [-0.2, -0.15) is 8.78 Å². The van der Waals surface area contributed by atoms with Gasteiger partial charge in [-0.05, 0) is 25.2 Å².